The predicted molar refractivity (Wildman–Crippen MR) is 181 cm³/mol. The number of nitrogens with zero attached hydrogens (tertiary/aromatic N) is 2. The van der Waals surface area contributed by atoms with Crippen molar-refractivity contribution in [3.8, 4) is 11.5 Å². The Labute approximate surface area is 286 Å². The number of hydrogen-bond donors (Lipinski definition) is 4. The molecule has 4 N–H and O–H groups in total. The Bertz CT molecular complexity index is 1920. The van der Waals surface area contributed by atoms with Gasteiger partial charge in [-0.1, -0.05) is 61.5 Å². The molecule has 4 aromatic rings. The van der Waals surface area contributed by atoms with Crippen molar-refractivity contribution in [2.24, 2.45) is 0 Å². The molecule has 0 bridgehead atoms. The summed E-state index contributed by atoms with van der Waals surface area (Å²) in [5, 5.41) is 11.6. The second kappa shape index (κ2) is 14.2. The minimum Gasteiger partial charge on any atom is -0.518 e. The van der Waals surface area contributed by atoms with Gasteiger partial charge in [-0.15, -0.1) is 0 Å². The first-order valence-corrected chi connectivity index (χ1v) is 16.3. The average Bonchev–Trinajstić information content (AvgIpc) is 3.66. The van der Waals surface area contributed by atoms with Gasteiger partial charge in [-0.3, -0.25) is 14.2 Å². The predicted octanol–water partition coefficient (Wildman–Crippen LogP) is 4.27. The summed E-state index contributed by atoms with van der Waals surface area (Å²) in [6.45, 7) is 4.08. The van der Waals surface area contributed by atoms with Crippen LogP contribution in [-0.2, 0) is 29.5 Å². The Balaban J connectivity index is 1.37. The molecule has 2 atom stereocenters. The first-order valence-electron chi connectivity index (χ1n) is 16.3. The highest BCUT2D eigenvalue weighted by molar-refractivity contribution is 6.64. The first kappa shape index (κ1) is 34.4. The number of para-hydroxylation sites is 2. The minimum absolute atomic E-state index is 0.0000205. The third-order valence-electron chi connectivity index (χ3n) is 8.60. The molecule has 0 saturated carbocycles. The fourth-order valence-electron chi connectivity index (χ4n) is 6.14. The number of carbonyl (C=O) groups is 2. The zero-order valence-corrected chi connectivity index (χ0v) is 27.5. The molecule has 15 heteroatoms. The molecule has 0 spiro atoms. The highest BCUT2D eigenvalue weighted by Gasteiger charge is 2.50. The van der Waals surface area contributed by atoms with Crippen molar-refractivity contribution in [2.75, 3.05) is 18.4 Å². The summed E-state index contributed by atoms with van der Waals surface area (Å²) in [4.78, 5) is 46.2. The van der Waals surface area contributed by atoms with Crippen molar-refractivity contribution >= 4 is 30.3 Å². The van der Waals surface area contributed by atoms with Crippen LogP contribution in [0, 0.1) is 0 Å². The van der Waals surface area contributed by atoms with Gasteiger partial charge in [-0.2, -0.15) is 13.2 Å². The van der Waals surface area contributed by atoms with Crippen LogP contribution in [0.5, 0.6) is 11.5 Å². The van der Waals surface area contributed by atoms with Crippen molar-refractivity contribution in [3.63, 3.8) is 0 Å². The van der Waals surface area contributed by atoms with E-state index in [9.17, 15) is 27.6 Å². The fourth-order valence-corrected chi connectivity index (χ4v) is 6.14. The highest BCUT2D eigenvalue weighted by Crippen LogP contribution is 2.38. The number of rotatable bonds is 11. The second-order valence-corrected chi connectivity index (χ2v) is 12.4. The Morgan fingerprint density at radius 1 is 0.960 bits per heavy atom. The maximum absolute atomic E-state index is 14.5. The molecule has 2 aliphatic rings. The van der Waals surface area contributed by atoms with E-state index in [2.05, 4.69) is 21.3 Å². The number of fused-ring (bicyclic) bond motifs is 2. The van der Waals surface area contributed by atoms with E-state index >= 15 is 0 Å². The second-order valence-electron chi connectivity index (χ2n) is 12.4. The van der Waals surface area contributed by atoms with E-state index in [0.29, 0.717) is 37.4 Å². The molecule has 260 valence electrons. The molecule has 2 unspecified atom stereocenters. The van der Waals surface area contributed by atoms with Gasteiger partial charge in [-0.25, -0.2) is 9.78 Å². The number of aromatic nitrogens is 2. The molecule has 50 heavy (non-hydrogen) atoms. The number of urea groups is 1. The molecule has 0 radical (unpaired) electrons. The number of benzene rings is 3. The number of halogens is 3. The summed E-state index contributed by atoms with van der Waals surface area (Å²) in [6.07, 6.45) is -3.32. The Hall–Kier alpha value is -5.47. The largest absolute Gasteiger partial charge is 0.655 e. The SMILES string of the molecule is CCCNC(=O)C1CC(C)(NC(=O)NCCc2ccccc2)c2nc(B3Oc4ccccc4O3)c(NCc3cccc(C(F)(F)F)c3)c(=O)n21. The molecule has 3 heterocycles. The van der Waals surface area contributed by atoms with E-state index in [-0.39, 0.29) is 35.6 Å². The van der Waals surface area contributed by atoms with Crippen LogP contribution in [0.4, 0.5) is 23.7 Å². The standard InChI is InChI=1S/C35H36BF3N6O5/c1-3-17-40-30(46)25-20-34(2,44-33(48)41-18-16-22-10-5-4-6-11-22)32-43-29(36-49-26-14-7-8-15-27(26)50-36)28(31(47)45(25)32)42-21-23-12-9-13-24(19-23)35(37,38)39/h4-15,19,25,42H,3,16-18,20-21H2,1-2H3,(H,40,46)(H2,41,44,48). The first-order chi connectivity index (χ1) is 24.0. The smallest absolute Gasteiger partial charge is 0.518 e. The van der Waals surface area contributed by atoms with Gasteiger partial charge in [-0.05, 0) is 55.2 Å². The van der Waals surface area contributed by atoms with Crippen LogP contribution in [-0.4, -0.2) is 41.7 Å². The minimum atomic E-state index is -4.56. The van der Waals surface area contributed by atoms with Crippen LogP contribution in [0.1, 0.15) is 55.2 Å². The topological polar surface area (TPSA) is 136 Å². The Morgan fingerprint density at radius 2 is 1.64 bits per heavy atom. The van der Waals surface area contributed by atoms with Gasteiger partial charge in [0.25, 0.3) is 5.56 Å². The average molecular weight is 689 g/mol. The van der Waals surface area contributed by atoms with E-state index in [1.54, 1.807) is 31.2 Å². The lowest BCUT2D eigenvalue weighted by Crippen LogP contribution is -2.52. The quantitative estimate of drug-likeness (QED) is 0.173. The van der Waals surface area contributed by atoms with E-state index < -0.39 is 47.9 Å². The lowest BCUT2D eigenvalue weighted by molar-refractivity contribution is -0.137. The summed E-state index contributed by atoms with van der Waals surface area (Å²) < 4.78 is 53.7. The van der Waals surface area contributed by atoms with Crippen molar-refractivity contribution in [1.82, 2.24) is 25.5 Å². The number of alkyl halides is 3. The van der Waals surface area contributed by atoms with Crippen LogP contribution < -0.4 is 41.7 Å². The maximum atomic E-state index is 14.5. The zero-order valence-electron chi connectivity index (χ0n) is 27.5. The lowest BCUT2D eigenvalue weighted by atomic mass is 9.82. The van der Waals surface area contributed by atoms with Crippen LogP contribution in [0.3, 0.4) is 0 Å². The van der Waals surface area contributed by atoms with E-state index in [1.165, 1.54) is 16.7 Å². The molecule has 3 amide bonds. The summed E-state index contributed by atoms with van der Waals surface area (Å²) >= 11 is 0. The summed E-state index contributed by atoms with van der Waals surface area (Å²) in [7, 11) is -1.22. The third kappa shape index (κ3) is 7.26. The molecule has 0 fully saturated rings. The number of carbonyl (C=O) groups excluding carboxylic acids is 2. The fraction of sp³-hybridized carbons (Fsp3) is 0.314. The normalized spacial score (nSPS) is 17.6. The molecule has 2 aliphatic heterocycles. The van der Waals surface area contributed by atoms with Gasteiger partial charge >= 0.3 is 19.3 Å². The molecule has 6 rings (SSSR count). The molecule has 11 nitrogen and oxygen atoms in total. The molecular formula is C35H36BF3N6O5. The number of nitrogens with one attached hydrogen (secondary N) is 4. The Kier molecular flexibility index (Phi) is 9.75. The highest BCUT2D eigenvalue weighted by atomic mass is 19.4. The van der Waals surface area contributed by atoms with Crippen molar-refractivity contribution in [3.05, 3.63) is 112 Å². The number of hydrogen-bond acceptors (Lipinski definition) is 7. The molecule has 0 aliphatic carbocycles. The van der Waals surface area contributed by atoms with Crippen LogP contribution in [0.15, 0.2) is 83.7 Å². The van der Waals surface area contributed by atoms with Crippen LogP contribution in [0.25, 0.3) is 0 Å². The van der Waals surface area contributed by atoms with Gasteiger partial charge in [0.05, 0.1) is 11.1 Å². The van der Waals surface area contributed by atoms with E-state index in [4.69, 9.17) is 14.3 Å². The van der Waals surface area contributed by atoms with Gasteiger partial charge in [0.1, 0.15) is 34.6 Å². The van der Waals surface area contributed by atoms with Gasteiger partial charge in [0.15, 0.2) is 0 Å². The maximum Gasteiger partial charge on any atom is 0.655 e. The third-order valence-corrected chi connectivity index (χ3v) is 8.60. The molecule has 0 saturated heterocycles. The van der Waals surface area contributed by atoms with Crippen LogP contribution >= 0.6 is 0 Å². The Morgan fingerprint density at radius 3 is 2.32 bits per heavy atom. The molecule has 3 aromatic carbocycles. The van der Waals surface area contributed by atoms with E-state index in [1.807, 2.05) is 37.3 Å². The summed E-state index contributed by atoms with van der Waals surface area (Å²) in [5.41, 5.74) is -1.63. The number of anilines is 1. The molecular weight excluding hydrogens is 652 g/mol. The van der Waals surface area contributed by atoms with Gasteiger partial charge in [0.2, 0.25) is 5.91 Å². The van der Waals surface area contributed by atoms with Crippen molar-refractivity contribution in [1.29, 1.82) is 0 Å². The lowest BCUT2D eigenvalue weighted by Gasteiger charge is -2.26. The van der Waals surface area contributed by atoms with Crippen molar-refractivity contribution < 1.29 is 32.1 Å². The molecule has 1 aromatic heterocycles. The zero-order chi connectivity index (χ0) is 35.5. The monoisotopic (exact) mass is 688 g/mol. The summed E-state index contributed by atoms with van der Waals surface area (Å²) in [6, 6.07) is 19.7. The van der Waals surface area contributed by atoms with Gasteiger partial charge < -0.3 is 30.6 Å². The number of amides is 3. The van der Waals surface area contributed by atoms with Crippen LogP contribution in [0.2, 0.25) is 0 Å². The summed E-state index contributed by atoms with van der Waals surface area (Å²) in [5.74, 6) is 0.461. The van der Waals surface area contributed by atoms with Gasteiger partial charge in [0, 0.05) is 26.1 Å². The van der Waals surface area contributed by atoms with E-state index in [0.717, 1.165) is 17.7 Å². The van der Waals surface area contributed by atoms with Crippen molar-refractivity contribution in [2.45, 2.75) is 57.4 Å².